The Balaban J connectivity index is 4.01. The molecule has 0 aliphatic heterocycles. The minimum Gasteiger partial charge on any atom is -0.481 e. The third kappa shape index (κ3) is 3.69. The van der Waals surface area contributed by atoms with Crippen molar-refractivity contribution < 1.29 is 15.0 Å². The van der Waals surface area contributed by atoms with Crippen LogP contribution in [-0.2, 0) is 4.79 Å². The van der Waals surface area contributed by atoms with Gasteiger partial charge in [0.15, 0.2) is 0 Å². The number of aliphatic hydroxyl groups is 1. The van der Waals surface area contributed by atoms with Crippen LogP contribution >= 0.6 is 0 Å². The maximum absolute atomic E-state index is 10.4. The highest BCUT2D eigenvalue weighted by molar-refractivity contribution is 5.67. The smallest absolute Gasteiger partial charge is 0.305 e. The fourth-order valence-corrected chi connectivity index (χ4v) is 1.25. The Hall–Kier alpha value is -0.610. The first-order valence-corrected chi connectivity index (χ1v) is 4.22. The molecule has 4 nitrogen and oxygen atoms in total. The van der Waals surface area contributed by atoms with Crippen molar-refractivity contribution in [3.63, 3.8) is 0 Å². The molecule has 0 aliphatic carbocycles. The molecule has 0 radical (unpaired) electrons. The number of carboxylic acid groups (broad SMARTS) is 1. The van der Waals surface area contributed by atoms with Gasteiger partial charge in [-0.1, -0.05) is 13.8 Å². The van der Waals surface area contributed by atoms with Gasteiger partial charge in [0.1, 0.15) is 0 Å². The monoisotopic (exact) mass is 175 g/mol. The second-order valence-electron chi connectivity index (χ2n) is 2.66. The number of nitrogens with zero attached hydrogens (tertiary/aromatic N) is 1. The van der Waals surface area contributed by atoms with Crippen LogP contribution in [0.1, 0.15) is 20.3 Å². The lowest BCUT2D eigenvalue weighted by Crippen LogP contribution is -2.39. The Kier molecular flexibility index (Phi) is 5.66. The minimum absolute atomic E-state index is 0.0121. The van der Waals surface area contributed by atoms with Crippen LogP contribution in [-0.4, -0.2) is 46.8 Å². The first-order valence-electron chi connectivity index (χ1n) is 4.22. The molecule has 0 aliphatic rings. The Morgan fingerprint density at radius 3 is 2.17 bits per heavy atom. The molecule has 1 unspecified atom stereocenters. The van der Waals surface area contributed by atoms with Crippen LogP contribution in [0.15, 0.2) is 0 Å². The molecule has 0 aromatic heterocycles. The van der Waals surface area contributed by atoms with Crippen molar-refractivity contribution in [2.45, 2.75) is 26.3 Å². The van der Waals surface area contributed by atoms with Gasteiger partial charge in [0.25, 0.3) is 0 Å². The molecule has 12 heavy (non-hydrogen) atoms. The van der Waals surface area contributed by atoms with Crippen molar-refractivity contribution in [3.05, 3.63) is 0 Å². The summed E-state index contributed by atoms with van der Waals surface area (Å²) in [5.74, 6) is -0.860. The van der Waals surface area contributed by atoms with Crippen LogP contribution in [0, 0.1) is 0 Å². The van der Waals surface area contributed by atoms with Gasteiger partial charge in [-0.15, -0.1) is 0 Å². The van der Waals surface area contributed by atoms with Crippen LogP contribution in [0.2, 0.25) is 0 Å². The highest BCUT2D eigenvalue weighted by Crippen LogP contribution is 2.02. The lowest BCUT2D eigenvalue weighted by Gasteiger charge is -2.26. The van der Waals surface area contributed by atoms with Crippen molar-refractivity contribution in [1.29, 1.82) is 0 Å². The molecule has 2 N–H and O–H groups in total. The zero-order chi connectivity index (χ0) is 9.56. The Morgan fingerprint density at radius 2 is 1.92 bits per heavy atom. The van der Waals surface area contributed by atoms with Crippen molar-refractivity contribution >= 4 is 5.97 Å². The molecule has 0 rings (SSSR count). The van der Waals surface area contributed by atoms with Gasteiger partial charge in [-0.3, -0.25) is 9.69 Å². The summed E-state index contributed by atoms with van der Waals surface area (Å²) in [6.07, 6.45) is 0.0121. The number of aliphatic carboxylic acids is 1. The lowest BCUT2D eigenvalue weighted by atomic mass is 10.2. The number of hydrogen-bond acceptors (Lipinski definition) is 3. The van der Waals surface area contributed by atoms with Crippen LogP contribution in [0.4, 0.5) is 0 Å². The van der Waals surface area contributed by atoms with E-state index in [4.69, 9.17) is 10.2 Å². The molecule has 0 saturated carbocycles. The summed E-state index contributed by atoms with van der Waals surface area (Å²) in [7, 11) is 0. The fourth-order valence-electron chi connectivity index (χ4n) is 1.25. The van der Waals surface area contributed by atoms with E-state index in [0.29, 0.717) is 0 Å². The summed E-state index contributed by atoms with van der Waals surface area (Å²) < 4.78 is 0. The molecule has 0 bridgehead atoms. The molecule has 4 heteroatoms. The highest BCUT2D eigenvalue weighted by atomic mass is 16.4. The van der Waals surface area contributed by atoms with Gasteiger partial charge in [-0.2, -0.15) is 0 Å². The maximum atomic E-state index is 10.4. The molecular formula is C8H17NO3. The zero-order valence-electron chi connectivity index (χ0n) is 7.66. The molecule has 0 amide bonds. The predicted octanol–water partition coefficient (Wildman–Crippen LogP) is 0.164. The van der Waals surface area contributed by atoms with Gasteiger partial charge < -0.3 is 10.2 Å². The normalized spacial score (nSPS) is 13.3. The Bertz CT molecular complexity index is 134. The standard InChI is InChI=1S/C8H17NO3/c1-3-9(4-2)7(6-10)5-8(11)12/h7,10H,3-6H2,1-2H3,(H,11,12). The Labute approximate surface area is 72.8 Å². The van der Waals surface area contributed by atoms with Crippen LogP contribution in [0.3, 0.4) is 0 Å². The second kappa shape index (κ2) is 5.97. The topological polar surface area (TPSA) is 60.8 Å². The molecule has 0 aromatic carbocycles. The molecule has 0 heterocycles. The van der Waals surface area contributed by atoms with E-state index < -0.39 is 5.97 Å². The highest BCUT2D eigenvalue weighted by Gasteiger charge is 2.17. The number of hydrogen-bond donors (Lipinski definition) is 2. The number of carboxylic acids is 1. The molecule has 0 saturated heterocycles. The van der Waals surface area contributed by atoms with Crippen molar-refractivity contribution in [1.82, 2.24) is 4.90 Å². The van der Waals surface area contributed by atoms with E-state index in [1.165, 1.54) is 0 Å². The number of aliphatic hydroxyl groups excluding tert-OH is 1. The van der Waals surface area contributed by atoms with E-state index >= 15 is 0 Å². The average molecular weight is 175 g/mol. The van der Waals surface area contributed by atoms with E-state index in [1.807, 2.05) is 18.7 Å². The van der Waals surface area contributed by atoms with Crippen molar-refractivity contribution in [2.75, 3.05) is 19.7 Å². The van der Waals surface area contributed by atoms with Crippen LogP contribution in [0.5, 0.6) is 0 Å². The third-order valence-corrected chi connectivity index (χ3v) is 1.95. The summed E-state index contributed by atoms with van der Waals surface area (Å²) in [4.78, 5) is 12.3. The van der Waals surface area contributed by atoms with Gasteiger partial charge in [-0.25, -0.2) is 0 Å². The zero-order valence-corrected chi connectivity index (χ0v) is 7.66. The molecule has 1 atom stereocenters. The summed E-state index contributed by atoms with van der Waals surface area (Å²) in [6.45, 7) is 5.36. The summed E-state index contributed by atoms with van der Waals surface area (Å²) in [6, 6.07) is -0.238. The first kappa shape index (κ1) is 11.4. The Morgan fingerprint density at radius 1 is 1.42 bits per heavy atom. The van der Waals surface area contributed by atoms with Gasteiger partial charge in [0.05, 0.1) is 13.0 Å². The van der Waals surface area contributed by atoms with E-state index in [-0.39, 0.29) is 19.1 Å². The number of carbonyl (C=O) groups is 1. The minimum atomic E-state index is -0.860. The van der Waals surface area contributed by atoms with Crippen molar-refractivity contribution in [3.8, 4) is 0 Å². The molecular weight excluding hydrogens is 158 g/mol. The first-order chi connectivity index (χ1) is 5.65. The quantitative estimate of drug-likeness (QED) is 0.604. The van der Waals surface area contributed by atoms with E-state index in [1.54, 1.807) is 0 Å². The average Bonchev–Trinajstić information content (AvgIpc) is 2.04. The molecule has 72 valence electrons. The summed E-state index contributed by atoms with van der Waals surface area (Å²) in [5, 5.41) is 17.4. The van der Waals surface area contributed by atoms with Crippen LogP contribution < -0.4 is 0 Å². The van der Waals surface area contributed by atoms with E-state index in [2.05, 4.69) is 0 Å². The maximum Gasteiger partial charge on any atom is 0.305 e. The molecule has 0 spiro atoms. The number of rotatable bonds is 6. The summed E-state index contributed by atoms with van der Waals surface area (Å²) >= 11 is 0. The largest absolute Gasteiger partial charge is 0.481 e. The lowest BCUT2D eigenvalue weighted by molar-refractivity contribution is -0.138. The van der Waals surface area contributed by atoms with E-state index in [9.17, 15) is 4.79 Å². The summed E-state index contributed by atoms with van der Waals surface area (Å²) in [5.41, 5.74) is 0. The van der Waals surface area contributed by atoms with Crippen molar-refractivity contribution in [2.24, 2.45) is 0 Å². The van der Waals surface area contributed by atoms with Gasteiger partial charge >= 0.3 is 5.97 Å². The molecule has 0 aromatic rings. The van der Waals surface area contributed by atoms with Gasteiger partial charge in [0.2, 0.25) is 0 Å². The third-order valence-electron chi connectivity index (χ3n) is 1.95. The number of likely N-dealkylation sites (N-methyl/N-ethyl adjacent to an activating group) is 1. The molecule has 0 fully saturated rings. The van der Waals surface area contributed by atoms with Gasteiger partial charge in [0, 0.05) is 6.04 Å². The second-order valence-corrected chi connectivity index (χ2v) is 2.66. The van der Waals surface area contributed by atoms with E-state index in [0.717, 1.165) is 13.1 Å². The van der Waals surface area contributed by atoms with Gasteiger partial charge in [-0.05, 0) is 13.1 Å². The van der Waals surface area contributed by atoms with Crippen LogP contribution in [0.25, 0.3) is 0 Å². The fraction of sp³-hybridized carbons (Fsp3) is 0.875. The SMILES string of the molecule is CCN(CC)C(CO)CC(=O)O. The predicted molar refractivity (Wildman–Crippen MR) is 46.0 cm³/mol.